The first-order chi connectivity index (χ1) is 24.0. The first-order valence-corrected chi connectivity index (χ1v) is 17.1. The van der Waals surface area contributed by atoms with Crippen molar-refractivity contribution in [1.29, 1.82) is 0 Å². The normalized spacial score (nSPS) is 23.4. The van der Waals surface area contributed by atoms with Crippen molar-refractivity contribution in [2.45, 2.75) is 50.9 Å². The van der Waals surface area contributed by atoms with Crippen molar-refractivity contribution in [2.24, 2.45) is 4.99 Å². The Kier molecular flexibility index (Phi) is 6.73. The molecule has 3 atom stereocenters. The van der Waals surface area contributed by atoms with E-state index in [0.717, 1.165) is 53.1 Å². The van der Waals surface area contributed by atoms with Crippen LogP contribution in [0.4, 0.5) is 34.4 Å². The summed E-state index contributed by atoms with van der Waals surface area (Å²) in [5.41, 5.74) is 10.6. The van der Waals surface area contributed by atoms with Gasteiger partial charge in [0.25, 0.3) is 0 Å². The molecule has 1 aliphatic carbocycles. The molecule has 7 nitrogen and oxygen atoms in total. The van der Waals surface area contributed by atoms with E-state index in [1.54, 1.807) is 12.4 Å². The number of aromatic nitrogens is 2. The van der Waals surface area contributed by atoms with Gasteiger partial charge in [-0.05, 0) is 85.3 Å². The summed E-state index contributed by atoms with van der Waals surface area (Å²) in [6, 6.07) is 35.4. The molecule has 4 aliphatic heterocycles. The van der Waals surface area contributed by atoms with E-state index in [4.69, 9.17) is 15.0 Å². The second-order valence-electron chi connectivity index (χ2n) is 13.5. The van der Waals surface area contributed by atoms with Gasteiger partial charge in [0.15, 0.2) is 17.5 Å². The number of hydrogen-bond donors (Lipinski definition) is 0. The lowest BCUT2D eigenvalue weighted by Gasteiger charge is -2.40. The number of hydrogen-bond acceptors (Lipinski definition) is 6. The van der Waals surface area contributed by atoms with E-state index in [0.29, 0.717) is 6.42 Å². The van der Waals surface area contributed by atoms with Crippen LogP contribution in [-0.4, -0.2) is 35.2 Å². The van der Waals surface area contributed by atoms with E-state index in [2.05, 4.69) is 149 Å². The maximum absolute atomic E-state index is 5.04. The monoisotopic (exact) mass is 641 g/mol. The number of fused-ring (bicyclic) bond motifs is 4. The average Bonchev–Trinajstić information content (AvgIpc) is 3.73. The molecule has 4 aromatic carbocycles. The van der Waals surface area contributed by atoms with Crippen LogP contribution in [0.15, 0.2) is 139 Å². The Labute approximate surface area is 288 Å². The maximum atomic E-state index is 5.04. The molecule has 1 fully saturated rings. The summed E-state index contributed by atoms with van der Waals surface area (Å²) in [6.07, 6.45) is 10.3. The first kappa shape index (κ1) is 29.4. The maximum Gasteiger partial charge on any atom is 0.178 e. The Hall–Kier alpha value is -5.69. The highest BCUT2D eigenvalue weighted by Crippen LogP contribution is 2.52. The molecule has 0 radical (unpaired) electrons. The predicted octanol–water partition coefficient (Wildman–Crippen LogP) is 8.61. The summed E-state index contributed by atoms with van der Waals surface area (Å²) in [7, 11) is 1.92. The Morgan fingerprint density at radius 3 is 2.12 bits per heavy atom. The van der Waals surface area contributed by atoms with Gasteiger partial charge < -0.3 is 19.6 Å². The zero-order chi connectivity index (χ0) is 33.3. The lowest BCUT2D eigenvalue weighted by atomic mass is 9.76. The summed E-state index contributed by atoms with van der Waals surface area (Å²) < 4.78 is 0. The van der Waals surface area contributed by atoms with Gasteiger partial charge in [-0.2, -0.15) is 0 Å². The zero-order valence-electron chi connectivity index (χ0n) is 28.2. The minimum Gasteiger partial charge on any atom is -0.317 e. The zero-order valence-corrected chi connectivity index (χ0v) is 28.2. The summed E-state index contributed by atoms with van der Waals surface area (Å²) in [5.74, 6) is 2.67. The molecule has 7 heteroatoms. The Morgan fingerprint density at radius 2 is 1.41 bits per heavy atom. The molecule has 5 aliphatic rings. The highest BCUT2D eigenvalue weighted by Gasteiger charge is 2.50. The Balaban J connectivity index is 1.30. The molecule has 5 heterocycles. The summed E-state index contributed by atoms with van der Waals surface area (Å²) >= 11 is 0. The fraction of sp³-hybridized carbons (Fsp3) is 0.214. The molecule has 1 aromatic heterocycles. The van der Waals surface area contributed by atoms with Crippen molar-refractivity contribution in [1.82, 2.24) is 9.97 Å². The van der Waals surface area contributed by atoms with E-state index in [1.807, 2.05) is 7.05 Å². The van der Waals surface area contributed by atoms with E-state index >= 15 is 0 Å². The van der Waals surface area contributed by atoms with Crippen molar-refractivity contribution in [3.63, 3.8) is 0 Å². The van der Waals surface area contributed by atoms with Crippen molar-refractivity contribution in [3.05, 3.63) is 156 Å². The van der Waals surface area contributed by atoms with Gasteiger partial charge in [-0.15, -0.1) is 6.58 Å². The number of aliphatic imine (C=N–C) groups is 1. The highest BCUT2D eigenvalue weighted by molar-refractivity contribution is 6.16. The summed E-state index contributed by atoms with van der Waals surface area (Å²) in [6.45, 7) is 8.74. The summed E-state index contributed by atoms with van der Waals surface area (Å²) in [4.78, 5) is 24.8. The number of anilines is 6. The van der Waals surface area contributed by atoms with Gasteiger partial charge >= 0.3 is 0 Å². The van der Waals surface area contributed by atoms with Gasteiger partial charge in [0, 0.05) is 54.0 Å². The molecule has 1 saturated heterocycles. The standard InChI is InChI=1S/C42H39N7/c1-5-34-39(43-4)49-36-21-18-30-24-33(36)42(6-2,27-30)26-29-16-19-32(20-17-29)46(34)37(49)25-38-47(31-13-8-7-9-14-31)40-41(45-23-22-44-40)48(38)35-15-11-10-12-28(35)3/h5-24,37-38H,2,25-27H2,1,3-4H3. The predicted molar refractivity (Wildman–Crippen MR) is 200 cm³/mol. The number of amidine groups is 1. The van der Waals surface area contributed by atoms with Crippen LogP contribution in [-0.2, 0) is 18.3 Å². The van der Waals surface area contributed by atoms with Crippen LogP contribution in [0.2, 0.25) is 0 Å². The van der Waals surface area contributed by atoms with Crippen LogP contribution in [0.5, 0.6) is 0 Å². The lowest BCUT2D eigenvalue weighted by Crippen LogP contribution is -2.49. The van der Waals surface area contributed by atoms with Crippen molar-refractivity contribution >= 4 is 40.2 Å². The van der Waals surface area contributed by atoms with Gasteiger partial charge in [-0.1, -0.05) is 72.8 Å². The van der Waals surface area contributed by atoms with Gasteiger partial charge in [0.1, 0.15) is 12.3 Å². The Bertz CT molecular complexity index is 2150. The molecular formula is C42H39N7. The lowest BCUT2D eigenvalue weighted by molar-refractivity contribution is 0.532. The molecule has 0 amide bonds. The number of benzene rings is 4. The minimum atomic E-state index is -0.201. The average molecular weight is 642 g/mol. The fourth-order valence-corrected chi connectivity index (χ4v) is 8.70. The molecule has 5 aromatic rings. The first-order valence-electron chi connectivity index (χ1n) is 17.1. The smallest absolute Gasteiger partial charge is 0.178 e. The fourth-order valence-electron chi connectivity index (χ4n) is 8.70. The molecule has 0 N–H and O–H groups in total. The number of para-hydroxylation sites is 2. The van der Waals surface area contributed by atoms with Crippen LogP contribution < -0.4 is 19.6 Å². The Morgan fingerprint density at radius 1 is 0.755 bits per heavy atom. The van der Waals surface area contributed by atoms with Crippen LogP contribution in [0, 0.1) is 6.92 Å². The van der Waals surface area contributed by atoms with Gasteiger partial charge in [0.05, 0.1) is 5.70 Å². The van der Waals surface area contributed by atoms with Gasteiger partial charge in [0.2, 0.25) is 0 Å². The third-order valence-electron chi connectivity index (χ3n) is 10.8. The van der Waals surface area contributed by atoms with Crippen LogP contribution in [0.25, 0.3) is 0 Å². The molecular weight excluding hydrogens is 603 g/mol. The molecule has 3 unspecified atom stereocenters. The largest absolute Gasteiger partial charge is 0.317 e. The van der Waals surface area contributed by atoms with Gasteiger partial charge in [-0.3, -0.25) is 4.99 Å². The quantitative estimate of drug-likeness (QED) is 0.179. The number of allylic oxidation sites excluding steroid dienone is 2. The van der Waals surface area contributed by atoms with Gasteiger partial charge in [-0.25, -0.2) is 9.97 Å². The van der Waals surface area contributed by atoms with E-state index in [9.17, 15) is 0 Å². The van der Waals surface area contributed by atoms with Crippen molar-refractivity contribution in [2.75, 3.05) is 26.6 Å². The summed E-state index contributed by atoms with van der Waals surface area (Å²) in [5, 5.41) is 0. The van der Waals surface area contributed by atoms with E-state index < -0.39 is 0 Å². The third-order valence-corrected chi connectivity index (χ3v) is 10.8. The number of rotatable bonds is 5. The highest BCUT2D eigenvalue weighted by atomic mass is 15.5. The van der Waals surface area contributed by atoms with E-state index in [-0.39, 0.29) is 17.7 Å². The molecule has 10 rings (SSSR count). The molecule has 0 spiro atoms. The number of aryl methyl sites for hydroxylation is 1. The van der Waals surface area contributed by atoms with Crippen molar-refractivity contribution < 1.29 is 0 Å². The van der Waals surface area contributed by atoms with Crippen LogP contribution in [0.1, 0.15) is 35.6 Å². The number of nitrogens with zero attached hydrogens (tertiary/aromatic N) is 7. The third kappa shape index (κ3) is 4.31. The van der Waals surface area contributed by atoms with E-state index in [1.165, 1.54) is 27.9 Å². The molecule has 49 heavy (non-hydrogen) atoms. The second kappa shape index (κ2) is 11.2. The SMILES string of the molecule is C=CC12Cc3ccc(cc3)N3C(=CC)C(=NC)N(c4ccc(cc41)C2)C3CC1N(c2ccccc2)c2nccnc2N1c1ccccc1C. The second-order valence-corrected chi connectivity index (χ2v) is 13.5. The minimum absolute atomic E-state index is 0.129. The molecule has 242 valence electrons. The van der Waals surface area contributed by atoms with Crippen LogP contribution in [0.3, 0.4) is 0 Å². The molecule has 0 saturated carbocycles. The topological polar surface area (TPSA) is 51.1 Å². The van der Waals surface area contributed by atoms with Crippen molar-refractivity contribution in [3.8, 4) is 0 Å². The van der Waals surface area contributed by atoms with Crippen LogP contribution >= 0.6 is 0 Å². The molecule has 6 bridgehead atoms.